The van der Waals surface area contributed by atoms with E-state index in [0.29, 0.717) is 84.4 Å². The predicted octanol–water partition coefficient (Wildman–Crippen LogP) is 12.8. The first kappa shape index (κ1) is 56.8. The average molecular weight is 1110 g/mol. The first-order valence-electron chi connectivity index (χ1n) is 22.4. The molecule has 388 valence electrons. The van der Waals surface area contributed by atoms with Gasteiger partial charge in [-0.05, 0) is 84.6 Å². The number of nitrogen functional groups attached to an aromatic ring is 1. The van der Waals surface area contributed by atoms with Gasteiger partial charge in [-0.1, -0.05) is 89.9 Å². The van der Waals surface area contributed by atoms with Crippen LogP contribution in [0.1, 0.15) is 16.7 Å². The number of pyridine rings is 4. The summed E-state index contributed by atoms with van der Waals surface area (Å²) < 4.78 is 24.4. The molecule has 0 aliphatic rings. The zero-order valence-electron chi connectivity index (χ0n) is 41.9. The Morgan fingerprint density at radius 2 is 1.01 bits per heavy atom. The number of anilines is 5. The fraction of sp³-hybridized carbons (Fsp3) is 0.164. The summed E-state index contributed by atoms with van der Waals surface area (Å²) in [5.41, 5.74) is 12.3. The summed E-state index contributed by atoms with van der Waals surface area (Å²) in [5.74, 6) is 2.39. The Labute approximate surface area is 457 Å². The number of fused-ring (bicyclic) bond motifs is 2. The lowest BCUT2D eigenvalue weighted by Crippen LogP contribution is -2.19. The average Bonchev–Trinajstić information content (AvgIpc) is 3.39. The fourth-order valence-electron chi connectivity index (χ4n) is 7.87. The van der Waals surface area contributed by atoms with Gasteiger partial charge in [0.1, 0.15) is 34.6 Å². The van der Waals surface area contributed by atoms with Gasteiger partial charge < -0.3 is 44.4 Å². The number of para-hydroxylation sites is 2. The molecule has 0 aliphatic heterocycles. The van der Waals surface area contributed by atoms with Crippen molar-refractivity contribution in [2.24, 2.45) is 14.1 Å². The summed E-state index contributed by atoms with van der Waals surface area (Å²) in [6.07, 6.45) is 5.78. The molecule has 4 N–H and O–H groups in total. The maximum atomic E-state index is 13.5. The lowest BCUT2D eigenvalue weighted by molar-refractivity contribution is -0.114. The molecule has 8 aromatic rings. The molecule has 0 bridgehead atoms. The van der Waals surface area contributed by atoms with Crippen LogP contribution in [-0.2, 0) is 30.1 Å². The number of hydrogen-bond donors (Lipinski definition) is 3. The van der Waals surface area contributed by atoms with Crippen LogP contribution in [0.25, 0.3) is 44.1 Å². The lowest BCUT2D eigenvalue weighted by atomic mass is 10.0. The molecule has 4 aromatic carbocycles. The Bertz CT molecular complexity index is 3620. The van der Waals surface area contributed by atoms with Gasteiger partial charge in [0.15, 0.2) is 5.78 Å². The lowest BCUT2D eigenvalue weighted by Gasteiger charge is -2.18. The van der Waals surface area contributed by atoms with Gasteiger partial charge in [0.05, 0.1) is 82.1 Å². The molecule has 0 unspecified atom stereocenters. The SMILES string of the molecule is C=CC(=O)Cc1cccc(C)c1Nc1cc2c(=O)n(C)c(-c3c(Cl)c(OC)cc(OC)c3Cl)cc2cn1.C=CC(=O)Cl.COc1cc(OC)c(Cl)c(-c2cc3cnc(Nc4c(C)cccc4N)cc3c(=O)n2C)c1Cl. The van der Waals surface area contributed by atoms with E-state index in [-0.39, 0.29) is 43.4 Å². The molecule has 0 aliphatic carbocycles. The first-order chi connectivity index (χ1) is 35.7. The van der Waals surface area contributed by atoms with Crippen LogP contribution in [0.4, 0.5) is 28.7 Å². The van der Waals surface area contributed by atoms with Crippen LogP contribution in [0.3, 0.4) is 0 Å². The number of benzene rings is 4. The third-order valence-electron chi connectivity index (χ3n) is 11.8. The molecule has 0 saturated heterocycles. The molecule has 0 radical (unpaired) electrons. The van der Waals surface area contributed by atoms with E-state index in [9.17, 15) is 19.2 Å². The molecule has 4 aromatic heterocycles. The summed E-state index contributed by atoms with van der Waals surface area (Å²) in [5, 5.41) is 9.22. The molecule has 8 rings (SSSR count). The highest BCUT2D eigenvalue weighted by Crippen LogP contribution is 2.47. The molecule has 0 amide bonds. The topological polar surface area (TPSA) is 191 Å². The van der Waals surface area contributed by atoms with Gasteiger partial charge in [0.25, 0.3) is 11.1 Å². The quantitative estimate of drug-likeness (QED) is 0.0530. The number of ketones is 1. The molecule has 0 fully saturated rings. The van der Waals surface area contributed by atoms with Crippen LogP contribution < -0.4 is 46.4 Å². The third kappa shape index (κ3) is 12.2. The van der Waals surface area contributed by atoms with Crippen molar-refractivity contribution >= 4 is 119 Å². The minimum atomic E-state index is -0.509. The van der Waals surface area contributed by atoms with E-state index in [1.165, 1.54) is 43.6 Å². The van der Waals surface area contributed by atoms with Crippen LogP contribution in [-0.4, -0.2) is 58.6 Å². The van der Waals surface area contributed by atoms with Crippen molar-refractivity contribution in [3.63, 3.8) is 0 Å². The van der Waals surface area contributed by atoms with Crippen LogP contribution in [0, 0.1) is 13.8 Å². The van der Waals surface area contributed by atoms with Gasteiger partial charge in [0.2, 0.25) is 5.24 Å². The highest BCUT2D eigenvalue weighted by molar-refractivity contribution is 6.66. The molecule has 20 heteroatoms. The maximum Gasteiger partial charge on any atom is 0.258 e. The number of hydrogen-bond acceptors (Lipinski definition) is 13. The normalized spacial score (nSPS) is 10.6. The number of aromatic nitrogens is 4. The zero-order valence-corrected chi connectivity index (χ0v) is 45.7. The van der Waals surface area contributed by atoms with E-state index in [1.54, 1.807) is 62.9 Å². The largest absolute Gasteiger partial charge is 0.495 e. The maximum absolute atomic E-state index is 13.5. The van der Waals surface area contributed by atoms with Crippen LogP contribution >= 0.6 is 58.0 Å². The van der Waals surface area contributed by atoms with Gasteiger partial charge in [-0.2, -0.15) is 0 Å². The minimum absolute atomic E-state index is 0.0898. The highest BCUT2D eigenvalue weighted by atomic mass is 35.5. The van der Waals surface area contributed by atoms with E-state index in [0.717, 1.165) is 34.1 Å². The Morgan fingerprint density at radius 3 is 1.39 bits per heavy atom. The van der Waals surface area contributed by atoms with Crippen molar-refractivity contribution in [3.8, 4) is 45.5 Å². The van der Waals surface area contributed by atoms with E-state index >= 15 is 0 Å². The van der Waals surface area contributed by atoms with Crippen molar-refractivity contribution < 1.29 is 28.5 Å². The summed E-state index contributed by atoms with van der Waals surface area (Å²) in [7, 11) is 9.27. The summed E-state index contributed by atoms with van der Waals surface area (Å²) in [4.78, 5) is 57.3. The second-order valence-electron chi connectivity index (χ2n) is 16.4. The molecule has 0 spiro atoms. The fourth-order valence-corrected chi connectivity index (χ4v) is 9.26. The number of carbonyl (C=O) groups is 2. The van der Waals surface area contributed by atoms with Crippen molar-refractivity contribution in [2.45, 2.75) is 20.3 Å². The standard InChI is InChI=1S/C28H25Cl2N3O4.C24H22Cl2N4O3.C3H3ClO/c1-6-18(34)10-16-9-7-8-15(2)27(16)32-23-12-19-17(14-31-23)11-20(33(3)28(19)35)24-25(29)21(36-4)13-22(37-5)26(24)30;1-12-6-5-7-15(27)23(12)29-19-9-14-13(11-28-19)8-16(30(2)24(14)31)20-21(25)17(32-3)10-18(33-4)22(20)26;1-2-3(4)5/h6-9,11-14H,1,10H2,2-5H3,(H,31,32);5-11H,27H2,1-4H3,(H,28,29);2H,1H2. The number of carbonyl (C=O) groups excluding carboxylic acids is 2. The number of allylic oxidation sites excluding steroid dienone is 2. The van der Waals surface area contributed by atoms with Crippen molar-refractivity contribution in [1.29, 1.82) is 0 Å². The van der Waals surface area contributed by atoms with Crippen LogP contribution in [0.5, 0.6) is 23.0 Å². The Morgan fingerprint density at radius 1 is 0.627 bits per heavy atom. The number of nitrogens with two attached hydrogens (primary N) is 1. The van der Waals surface area contributed by atoms with Crippen LogP contribution in [0.2, 0.25) is 20.1 Å². The summed E-state index contributed by atoms with van der Waals surface area (Å²) in [6, 6.07) is 21.5. The number of nitrogens with zero attached hydrogens (tertiary/aromatic N) is 4. The predicted molar refractivity (Wildman–Crippen MR) is 304 cm³/mol. The second-order valence-corrected chi connectivity index (χ2v) is 18.3. The van der Waals surface area contributed by atoms with Gasteiger partial charge in [-0.25, -0.2) is 9.97 Å². The first-order valence-corrected chi connectivity index (χ1v) is 24.3. The van der Waals surface area contributed by atoms with Crippen LogP contribution in [0.15, 0.2) is 120 Å². The number of ether oxygens (including phenoxy) is 4. The monoisotopic (exact) mass is 1110 g/mol. The van der Waals surface area contributed by atoms with E-state index in [4.69, 9.17) is 82.7 Å². The van der Waals surface area contributed by atoms with Crippen molar-refractivity contribution in [1.82, 2.24) is 19.1 Å². The minimum Gasteiger partial charge on any atom is -0.495 e. The highest BCUT2D eigenvalue weighted by Gasteiger charge is 2.24. The molecule has 0 atom stereocenters. The molecule has 75 heavy (non-hydrogen) atoms. The number of rotatable bonds is 14. The summed E-state index contributed by atoms with van der Waals surface area (Å²) >= 11 is 31.1. The van der Waals surface area contributed by atoms with Crippen molar-refractivity contribution in [2.75, 3.05) is 44.8 Å². The van der Waals surface area contributed by atoms with Crippen molar-refractivity contribution in [3.05, 3.63) is 168 Å². The number of aryl methyl sites for hydroxylation is 2. The van der Waals surface area contributed by atoms with Gasteiger partial charge in [0, 0.05) is 72.6 Å². The smallest absolute Gasteiger partial charge is 0.258 e. The Balaban J connectivity index is 0.000000225. The molecule has 15 nitrogen and oxygen atoms in total. The van der Waals surface area contributed by atoms with E-state index in [1.807, 2.05) is 50.2 Å². The number of methoxy groups -OCH3 is 4. The van der Waals surface area contributed by atoms with Gasteiger partial charge >= 0.3 is 0 Å². The second kappa shape index (κ2) is 24.7. The summed E-state index contributed by atoms with van der Waals surface area (Å²) in [6.45, 7) is 10.5. The molecule has 0 saturated carbocycles. The van der Waals surface area contributed by atoms with Gasteiger partial charge in [-0.3, -0.25) is 19.2 Å². The zero-order chi connectivity index (χ0) is 55.0. The van der Waals surface area contributed by atoms with E-state index < -0.39 is 5.24 Å². The molecular weight excluding hydrogens is 1060 g/mol. The number of halogens is 5. The third-order valence-corrected chi connectivity index (χ3v) is 13.5. The van der Waals surface area contributed by atoms with Gasteiger partial charge in [-0.15, -0.1) is 0 Å². The van der Waals surface area contributed by atoms with E-state index in [2.05, 4.69) is 33.8 Å². The molecular formula is C55H50Cl5N7O8. The Hall–Kier alpha value is -7.53. The molecule has 4 heterocycles. The number of nitrogens with one attached hydrogen (secondary N) is 2. The Kier molecular flexibility index (Phi) is 18.7.